The first-order valence-electron chi connectivity index (χ1n) is 12.5. The minimum atomic E-state index is -1.26. The standard InChI is InChI=1S/C24H29BrN2O3.C4H4O4/c25-22-9-5-4-8-20(22)16-21-17-27(24(28)18-30-21)23(19-6-2-1-3-7-19)10-11-26-12-14-29-15-13-26;5-3(6)1-2-4(7)8/h1-9,21,23H,10-18H2;1-2H,(H,5,6)(H,7,8). The summed E-state index contributed by atoms with van der Waals surface area (Å²) in [5.41, 5.74) is 2.40. The predicted octanol–water partition coefficient (Wildman–Crippen LogP) is 3.39. The van der Waals surface area contributed by atoms with E-state index in [4.69, 9.17) is 19.7 Å². The molecule has 2 aliphatic rings. The molecule has 38 heavy (non-hydrogen) atoms. The number of hydrogen-bond acceptors (Lipinski definition) is 6. The van der Waals surface area contributed by atoms with Crippen molar-refractivity contribution in [3.8, 4) is 0 Å². The van der Waals surface area contributed by atoms with Crippen LogP contribution in [0.2, 0.25) is 0 Å². The predicted molar refractivity (Wildman–Crippen MR) is 145 cm³/mol. The van der Waals surface area contributed by atoms with E-state index in [1.165, 1.54) is 11.1 Å². The number of carboxylic acid groups (broad SMARTS) is 2. The maximum absolute atomic E-state index is 12.9. The second-order valence-electron chi connectivity index (χ2n) is 8.95. The van der Waals surface area contributed by atoms with E-state index in [2.05, 4.69) is 57.2 Å². The number of morpholine rings is 2. The summed E-state index contributed by atoms with van der Waals surface area (Å²) in [4.78, 5) is 36.5. The van der Waals surface area contributed by atoms with Crippen LogP contribution in [0, 0.1) is 0 Å². The lowest BCUT2D eigenvalue weighted by Gasteiger charge is -2.39. The van der Waals surface area contributed by atoms with E-state index in [-0.39, 0.29) is 24.7 Å². The third-order valence-corrected chi connectivity index (χ3v) is 7.09. The van der Waals surface area contributed by atoms with E-state index >= 15 is 0 Å². The van der Waals surface area contributed by atoms with Crippen LogP contribution in [-0.2, 0) is 30.3 Å². The molecule has 204 valence electrons. The van der Waals surface area contributed by atoms with Crippen molar-refractivity contribution in [2.75, 3.05) is 46.0 Å². The van der Waals surface area contributed by atoms with Crippen molar-refractivity contribution < 1.29 is 34.1 Å². The van der Waals surface area contributed by atoms with Gasteiger partial charge in [-0.1, -0.05) is 64.5 Å². The van der Waals surface area contributed by atoms with Gasteiger partial charge in [0, 0.05) is 49.2 Å². The second kappa shape index (κ2) is 15.4. The first-order chi connectivity index (χ1) is 18.3. The molecule has 2 fully saturated rings. The molecule has 0 radical (unpaired) electrons. The Morgan fingerprint density at radius 2 is 1.63 bits per heavy atom. The van der Waals surface area contributed by atoms with Crippen LogP contribution < -0.4 is 0 Å². The molecule has 2 aliphatic heterocycles. The average Bonchev–Trinajstić information content (AvgIpc) is 2.92. The Hall–Kier alpha value is -3.05. The number of carbonyl (C=O) groups excluding carboxylic acids is 1. The number of hydrogen-bond donors (Lipinski definition) is 2. The third-order valence-electron chi connectivity index (χ3n) is 6.32. The molecule has 2 heterocycles. The van der Waals surface area contributed by atoms with Crippen molar-refractivity contribution in [1.82, 2.24) is 9.80 Å². The SMILES string of the molecule is O=C(O)C=CC(=O)O.O=C1COC(Cc2ccccc2Br)CN1C(CCN1CCOCC1)c1ccccc1. The molecule has 2 N–H and O–H groups in total. The number of nitrogens with zero attached hydrogens (tertiary/aromatic N) is 2. The van der Waals surface area contributed by atoms with Crippen LogP contribution in [0.15, 0.2) is 71.2 Å². The van der Waals surface area contributed by atoms with Gasteiger partial charge in [0.2, 0.25) is 5.91 Å². The smallest absolute Gasteiger partial charge is 0.328 e. The highest BCUT2D eigenvalue weighted by molar-refractivity contribution is 9.10. The summed E-state index contributed by atoms with van der Waals surface area (Å²) in [6.07, 6.45) is 2.81. The molecule has 10 heteroatoms. The van der Waals surface area contributed by atoms with Gasteiger partial charge >= 0.3 is 11.9 Å². The molecule has 2 aromatic carbocycles. The van der Waals surface area contributed by atoms with Gasteiger partial charge < -0.3 is 24.6 Å². The Kier molecular flexibility index (Phi) is 11.9. The Balaban J connectivity index is 0.000000436. The Morgan fingerprint density at radius 1 is 1.00 bits per heavy atom. The monoisotopic (exact) mass is 588 g/mol. The number of carbonyl (C=O) groups is 3. The van der Waals surface area contributed by atoms with Crippen molar-refractivity contribution in [2.45, 2.75) is 25.0 Å². The van der Waals surface area contributed by atoms with Crippen LogP contribution in [0.5, 0.6) is 0 Å². The molecule has 2 unspecified atom stereocenters. The van der Waals surface area contributed by atoms with Crippen molar-refractivity contribution in [1.29, 1.82) is 0 Å². The van der Waals surface area contributed by atoms with Crippen LogP contribution in [0.4, 0.5) is 0 Å². The highest BCUT2D eigenvalue weighted by Gasteiger charge is 2.33. The number of benzene rings is 2. The van der Waals surface area contributed by atoms with Crippen molar-refractivity contribution in [2.24, 2.45) is 0 Å². The highest BCUT2D eigenvalue weighted by Crippen LogP contribution is 2.29. The minimum absolute atomic E-state index is 0.00370. The zero-order valence-electron chi connectivity index (χ0n) is 21.1. The molecule has 0 saturated carbocycles. The van der Waals surface area contributed by atoms with E-state index in [9.17, 15) is 14.4 Å². The van der Waals surface area contributed by atoms with Crippen molar-refractivity contribution >= 4 is 33.8 Å². The van der Waals surface area contributed by atoms with Crippen LogP contribution in [-0.4, -0.2) is 90.0 Å². The zero-order valence-corrected chi connectivity index (χ0v) is 22.7. The van der Waals surface area contributed by atoms with Gasteiger partial charge in [0.1, 0.15) is 6.61 Å². The maximum Gasteiger partial charge on any atom is 0.328 e. The molecule has 1 amide bonds. The van der Waals surface area contributed by atoms with Gasteiger partial charge in [-0.05, 0) is 23.6 Å². The number of halogens is 1. The molecular weight excluding hydrogens is 556 g/mol. The third kappa shape index (κ3) is 9.68. The first kappa shape index (κ1) is 29.5. The topological polar surface area (TPSA) is 117 Å². The molecule has 2 aromatic rings. The van der Waals surface area contributed by atoms with Crippen LogP contribution in [0.25, 0.3) is 0 Å². The molecular formula is C28H33BrN2O7. The highest BCUT2D eigenvalue weighted by atomic mass is 79.9. The summed E-state index contributed by atoms with van der Waals surface area (Å²) in [7, 11) is 0. The number of carboxylic acids is 2. The molecule has 2 saturated heterocycles. The van der Waals surface area contributed by atoms with E-state index in [0.717, 1.165) is 50.2 Å². The summed E-state index contributed by atoms with van der Waals surface area (Å²) in [6.45, 7) is 5.23. The minimum Gasteiger partial charge on any atom is -0.478 e. The molecule has 0 aliphatic carbocycles. The van der Waals surface area contributed by atoms with Crippen molar-refractivity contribution in [3.05, 3.63) is 82.3 Å². The van der Waals surface area contributed by atoms with Gasteiger partial charge in [-0.25, -0.2) is 9.59 Å². The Labute approximate surface area is 230 Å². The van der Waals surface area contributed by atoms with Gasteiger partial charge in [0.05, 0.1) is 25.4 Å². The van der Waals surface area contributed by atoms with E-state index in [1.54, 1.807) is 0 Å². The lowest BCUT2D eigenvalue weighted by atomic mass is 9.99. The molecule has 0 spiro atoms. The maximum atomic E-state index is 12.9. The van der Waals surface area contributed by atoms with Gasteiger partial charge in [0.25, 0.3) is 0 Å². The summed E-state index contributed by atoms with van der Waals surface area (Å²) in [6, 6.07) is 18.7. The molecule has 2 atom stereocenters. The average molecular weight is 589 g/mol. The van der Waals surface area contributed by atoms with E-state index < -0.39 is 11.9 Å². The molecule has 0 bridgehead atoms. The largest absolute Gasteiger partial charge is 0.478 e. The molecule has 9 nitrogen and oxygen atoms in total. The van der Waals surface area contributed by atoms with Gasteiger partial charge in [-0.15, -0.1) is 0 Å². The Morgan fingerprint density at radius 3 is 2.26 bits per heavy atom. The number of ether oxygens (including phenoxy) is 2. The van der Waals surface area contributed by atoms with Gasteiger partial charge in [0.15, 0.2) is 0 Å². The fourth-order valence-electron chi connectivity index (χ4n) is 4.43. The van der Waals surface area contributed by atoms with Crippen molar-refractivity contribution in [3.63, 3.8) is 0 Å². The number of aliphatic carboxylic acids is 2. The Bertz CT molecular complexity index is 1070. The quantitative estimate of drug-likeness (QED) is 0.428. The van der Waals surface area contributed by atoms with E-state index in [0.29, 0.717) is 18.7 Å². The zero-order chi connectivity index (χ0) is 27.3. The van der Waals surface area contributed by atoms with Gasteiger partial charge in [-0.3, -0.25) is 9.69 Å². The van der Waals surface area contributed by atoms with Crippen LogP contribution in [0.1, 0.15) is 23.6 Å². The van der Waals surface area contributed by atoms with E-state index in [1.807, 2.05) is 23.1 Å². The van der Waals surface area contributed by atoms with Crippen LogP contribution >= 0.6 is 15.9 Å². The fourth-order valence-corrected chi connectivity index (χ4v) is 4.88. The lowest BCUT2D eigenvalue weighted by molar-refractivity contribution is -0.153. The second-order valence-corrected chi connectivity index (χ2v) is 9.81. The fraction of sp³-hybridized carbons (Fsp3) is 0.393. The number of rotatable bonds is 9. The normalized spacial score (nSPS) is 19.0. The first-order valence-corrected chi connectivity index (χ1v) is 13.3. The number of amides is 1. The van der Waals surface area contributed by atoms with Gasteiger partial charge in [-0.2, -0.15) is 0 Å². The summed E-state index contributed by atoms with van der Waals surface area (Å²) >= 11 is 3.63. The lowest BCUT2D eigenvalue weighted by Crippen LogP contribution is -2.49. The van der Waals surface area contributed by atoms with Crippen LogP contribution in [0.3, 0.4) is 0 Å². The molecule has 4 rings (SSSR count). The molecule has 0 aromatic heterocycles. The summed E-state index contributed by atoms with van der Waals surface area (Å²) < 4.78 is 12.5. The summed E-state index contributed by atoms with van der Waals surface area (Å²) in [5.74, 6) is -2.44. The summed E-state index contributed by atoms with van der Waals surface area (Å²) in [5, 5.41) is 15.6.